The van der Waals surface area contributed by atoms with Crippen LogP contribution in [0.3, 0.4) is 0 Å². The Morgan fingerprint density at radius 3 is 2.62 bits per heavy atom. The lowest BCUT2D eigenvalue weighted by Gasteiger charge is -2.24. The molecule has 1 unspecified atom stereocenters. The van der Waals surface area contributed by atoms with Crippen molar-refractivity contribution in [2.45, 2.75) is 64.0 Å². The number of aromatic nitrogens is 4. The summed E-state index contributed by atoms with van der Waals surface area (Å²) in [6, 6.07) is 5.03. The van der Waals surface area contributed by atoms with Crippen LogP contribution in [0.1, 0.15) is 80.3 Å². The Hall–Kier alpha value is -2.44. The monoisotopic (exact) mass is 355 g/mol. The molecule has 0 bridgehead atoms. The van der Waals surface area contributed by atoms with Gasteiger partial charge in [-0.05, 0) is 58.6 Å². The molecule has 1 aliphatic carbocycles. The minimum atomic E-state index is -0.234. The number of nitrogens with one attached hydrogen (secondary N) is 1. The molecule has 1 amide bonds. The number of carbonyl (C=O) groups is 1. The van der Waals surface area contributed by atoms with Crippen LogP contribution in [0.25, 0.3) is 0 Å². The topological polar surface area (TPSA) is 83.9 Å². The molecule has 1 atom stereocenters. The van der Waals surface area contributed by atoms with E-state index in [4.69, 9.17) is 0 Å². The highest BCUT2D eigenvalue weighted by atomic mass is 16.2. The van der Waals surface area contributed by atoms with Crippen molar-refractivity contribution in [1.29, 1.82) is 0 Å². The van der Waals surface area contributed by atoms with Gasteiger partial charge in [0, 0.05) is 24.2 Å². The zero-order chi connectivity index (χ0) is 18.5. The predicted octanol–water partition coefficient (Wildman–Crippen LogP) is 2.58. The SMILES string of the molecule is CC(C)(C)n1nc(C(=O)N2CCCC2c2ccc(=O)[nH]n2)cc1C1CC1. The molecule has 138 valence electrons. The number of hydrogen-bond acceptors (Lipinski definition) is 4. The highest BCUT2D eigenvalue weighted by Crippen LogP contribution is 2.42. The summed E-state index contributed by atoms with van der Waals surface area (Å²) in [6.07, 6.45) is 4.11. The van der Waals surface area contributed by atoms with Gasteiger partial charge in [0.1, 0.15) is 0 Å². The first-order chi connectivity index (χ1) is 12.3. The van der Waals surface area contributed by atoms with Gasteiger partial charge >= 0.3 is 0 Å². The lowest BCUT2D eigenvalue weighted by Crippen LogP contribution is -2.32. The predicted molar refractivity (Wildman–Crippen MR) is 97.1 cm³/mol. The van der Waals surface area contributed by atoms with Crippen LogP contribution >= 0.6 is 0 Å². The van der Waals surface area contributed by atoms with Gasteiger partial charge in [-0.2, -0.15) is 10.2 Å². The van der Waals surface area contributed by atoms with E-state index in [1.165, 1.54) is 24.6 Å². The van der Waals surface area contributed by atoms with Crippen molar-refractivity contribution >= 4 is 5.91 Å². The quantitative estimate of drug-likeness (QED) is 0.917. The Morgan fingerprint density at radius 1 is 1.23 bits per heavy atom. The van der Waals surface area contributed by atoms with Gasteiger partial charge < -0.3 is 4.90 Å². The maximum Gasteiger partial charge on any atom is 0.274 e. The van der Waals surface area contributed by atoms with E-state index in [2.05, 4.69) is 36.1 Å². The summed E-state index contributed by atoms with van der Waals surface area (Å²) in [5, 5.41) is 11.3. The molecule has 1 N–H and O–H groups in total. The van der Waals surface area contributed by atoms with E-state index in [9.17, 15) is 9.59 Å². The van der Waals surface area contributed by atoms with Crippen LogP contribution < -0.4 is 5.56 Å². The van der Waals surface area contributed by atoms with Crippen molar-refractivity contribution in [3.63, 3.8) is 0 Å². The van der Waals surface area contributed by atoms with Crippen LogP contribution in [-0.4, -0.2) is 37.3 Å². The average Bonchev–Trinajstić information content (AvgIpc) is 3.15. The van der Waals surface area contributed by atoms with Crippen LogP contribution in [0.5, 0.6) is 0 Å². The van der Waals surface area contributed by atoms with Crippen LogP contribution in [0.4, 0.5) is 0 Å². The summed E-state index contributed by atoms with van der Waals surface area (Å²) >= 11 is 0. The Morgan fingerprint density at radius 2 is 2.00 bits per heavy atom. The van der Waals surface area contributed by atoms with E-state index in [1.54, 1.807) is 6.07 Å². The molecule has 1 aliphatic heterocycles. The Labute approximate surface area is 152 Å². The van der Waals surface area contributed by atoms with Crippen LogP contribution in [0.15, 0.2) is 23.0 Å². The van der Waals surface area contributed by atoms with Crippen LogP contribution in [0.2, 0.25) is 0 Å². The molecule has 2 fully saturated rings. The third kappa shape index (κ3) is 3.06. The van der Waals surface area contributed by atoms with Crippen molar-refractivity contribution < 1.29 is 4.79 Å². The number of nitrogens with zero attached hydrogens (tertiary/aromatic N) is 4. The highest BCUT2D eigenvalue weighted by Gasteiger charge is 2.36. The zero-order valence-corrected chi connectivity index (χ0v) is 15.5. The number of rotatable bonds is 3. The second kappa shape index (κ2) is 6.07. The lowest BCUT2D eigenvalue weighted by molar-refractivity contribution is 0.0724. The van der Waals surface area contributed by atoms with E-state index in [0.717, 1.165) is 18.5 Å². The van der Waals surface area contributed by atoms with Gasteiger partial charge in [-0.15, -0.1) is 0 Å². The molecule has 4 rings (SSSR count). The van der Waals surface area contributed by atoms with E-state index in [1.807, 2.05) is 15.6 Å². The molecule has 7 heteroatoms. The number of likely N-dealkylation sites (tertiary alicyclic amines) is 1. The molecule has 3 heterocycles. The van der Waals surface area contributed by atoms with Gasteiger partial charge in [0.15, 0.2) is 5.69 Å². The maximum absolute atomic E-state index is 13.2. The fourth-order valence-electron chi connectivity index (χ4n) is 3.71. The minimum absolute atomic E-state index is 0.0506. The van der Waals surface area contributed by atoms with Gasteiger partial charge in [-0.1, -0.05) is 0 Å². The van der Waals surface area contributed by atoms with E-state index in [-0.39, 0.29) is 23.0 Å². The second-order valence-corrected chi connectivity index (χ2v) is 8.31. The second-order valence-electron chi connectivity index (χ2n) is 8.31. The fourth-order valence-corrected chi connectivity index (χ4v) is 3.71. The Bertz CT molecular complexity index is 868. The molecule has 2 aliphatic rings. The molecule has 0 aromatic carbocycles. The number of hydrogen-bond donors (Lipinski definition) is 1. The van der Waals surface area contributed by atoms with Crippen LogP contribution in [-0.2, 0) is 5.54 Å². The Balaban J connectivity index is 1.64. The van der Waals surface area contributed by atoms with Crippen LogP contribution in [0, 0.1) is 0 Å². The molecule has 2 aromatic heterocycles. The first-order valence-electron chi connectivity index (χ1n) is 9.31. The summed E-state index contributed by atoms with van der Waals surface area (Å²) in [5.74, 6) is 0.476. The fraction of sp³-hybridized carbons (Fsp3) is 0.579. The summed E-state index contributed by atoms with van der Waals surface area (Å²) in [7, 11) is 0. The van der Waals surface area contributed by atoms with Crippen molar-refractivity contribution in [3.8, 4) is 0 Å². The number of aromatic amines is 1. The largest absolute Gasteiger partial charge is 0.329 e. The molecule has 2 aromatic rings. The number of carbonyl (C=O) groups excluding carboxylic acids is 1. The Kier molecular flexibility index (Phi) is 3.97. The van der Waals surface area contributed by atoms with E-state index in [0.29, 0.717) is 18.2 Å². The third-order valence-corrected chi connectivity index (χ3v) is 5.14. The smallest absolute Gasteiger partial charge is 0.274 e. The molecule has 1 saturated heterocycles. The third-order valence-electron chi connectivity index (χ3n) is 5.14. The molecular weight excluding hydrogens is 330 g/mol. The average molecular weight is 355 g/mol. The maximum atomic E-state index is 13.2. The van der Waals surface area contributed by atoms with Gasteiger partial charge in [0.25, 0.3) is 11.5 Å². The normalized spacial score (nSPS) is 20.6. The molecular formula is C19H25N5O2. The molecule has 0 spiro atoms. The van der Waals surface area contributed by atoms with Crippen molar-refractivity contribution in [3.05, 3.63) is 45.6 Å². The van der Waals surface area contributed by atoms with Crippen molar-refractivity contribution in [2.75, 3.05) is 6.54 Å². The first-order valence-corrected chi connectivity index (χ1v) is 9.31. The molecule has 7 nitrogen and oxygen atoms in total. The van der Waals surface area contributed by atoms with Gasteiger partial charge in [-0.3, -0.25) is 14.3 Å². The van der Waals surface area contributed by atoms with Crippen molar-refractivity contribution in [2.24, 2.45) is 0 Å². The standard InChI is InChI=1S/C19H25N5O2/c1-19(2,3)24-16(12-6-7-12)11-14(22-24)18(26)23-10-4-5-15(23)13-8-9-17(25)21-20-13/h8-9,11-12,15H,4-7,10H2,1-3H3,(H,21,25). The summed E-state index contributed by atoms with van der Waals surface area (Å²) < 4.78 is 2.02. The lowest BCUT2D eigenvalue weighted by atomic mass is 10.1. The number of amides is 1. The van der Waals surface area contributed by atoms with E-state index < -0.39 is 0 Å². The first kappa shape index (κ1) is 17.0. The van der Waals surface area contributed by atoms with E-state index >= 15 is 0 Å². The minimum Gasteiger partial charge on any atom is -0.329 e. The summed E-state index contributed by atoms with van der Waals surface area (Å²) in [4.78, 5) is 26.3. The highest BCUT2D eigenvalue weighted by molar-refractivity contribution is 5.93. The molecule has 26 heavy (non-hydrogen) atoms. The summed E-state index contributed by atoms with van der Waals surface area (Å²) in [5.41, 5.74) is 2.02. The molecule has 0 radical (unpaired) electrons. The number of H-pyrrole nitrogens is 1. The van der Waals surface area contributed by atoms with Gasteiger partial charge in [0.05, 0.1) is 17.3 Å². The van der Waals surface area contributed by atoms with Crippen molar-refractivity contribution in [1.82, 2.24) is 24.9 Å². The molecule has 1 saturated carbocycles. The van der Waals surface area contributed by atoms with Gasteiger partial charge in [-0.25, -0.2) is 5.10 Å². The zero-order valence-electron chi connectivity index (χ0n) is 15.5. The van der Waals surface area contributed by atoms with Gasteiger partial charge in [0.2, 0.25) is 0 Å². The summed E-state index contributed by atoms with van der Waals surface area (Å²) in [6.45, 7) is 7.03.